The molecule has 166 valence electrons. The maximum Gasteiger partial charge on any atom is 0.340 e. The molecular formula is C23H22N2O6S. The van der Waals surface area contributed by atoms with E-state index in [0.717, 1.165) is 0 Å². The summed E-state index contributed by atoms with van der Waals surface area (Å²) < 4.78 is 10.1. The number of carbonyl (C=O) groups is 4. The fourth-order valence-corrected chi connectivity index (χ4v) is 3.87. The summed E-state index contributed by atoms with van der Waals surface area (Å²) in [5.74, 6) is -2.16. The number of anilines is 1. The molecule has 0 aliphatic carbocycles. The Morgan fingerprint density at radius 2 is 1.75 bits per heavy atom. The van der Waals surface area contributed by atoms with E-state index >= 15 is 0 Å². The number of ether oxygens (including phenoxy) is 2. The zero-order valence-corrected chi connectivity index (χ0v) is 18.8. The van der Waals surface area contributed by atoms with Crippen molar-refractivity contribution in [3.05, 3.63) is 74.7 Å². The van der Waals surface area contributed by atoms with Gasteiger partial charge in [0.05, 0.1) is 34.5 Å². The van der Waals surface area contributed by atoms with Crippen LogP contribution in [0.2, 0.25) is 0 Å². The van der Waals surface area contributed by atoms with Crippen LogP contribution in [0.3, 0.4) is 0 Å². The molecule has 3 aromatic rings. The number of hydrogen-bond donors (Lipinski definition) is 2. The van der Waals surface area contributed by atoms with Crippen LogP contribution in [0.4, 0.5) is 5.69 Å². The molecule has 1 aromatic carbocycles. The van der Waals surface area contributed by atoms with Crippen LogP contribution in [0.5, 0.6) is 0 Å². The summed E-state index contributed by atoms with van der Waals surface area (Å²) in [6.45, 7) is 4.71. The maximum atomic E-state index is 12.9. The second kappa shape index (κ2) is 9.61. The number of hydrogen-bond acceptors (Lipinski definition) is 7. The molecule has 0 aliphatic heterocycles. The lowest BCUT2D eigenvalue weighted by Crippen LogP contribution is -2.26. The van der Waals surface area contributed by atoms with Crippen molar-refractivity contribution < 1.29 is 28.7 Å². The highest BCUT2D eigenvalue weighted by Crippen LogP contribution is 2.23. The van der Waals surface area contributed by atoms with Crippen LogP contribution < -0.4 is 5.32 Å². The zero-order chi connectivity index (χ0) is 23.4. The molecule has 2 aromatic heterocycles. The van der Waals surface area contributed by atoms with E-state index in [1.807, 2.05) is 0 Å². The molecule has 0 fully saturated rings. The van der Waals surface area contributed by atoms with Crippen molar-refractivity contribution in [1.29, 1.82) is 0 Å². The molecule has 0 radical (unpaired) electrons. The first-order valence-corrected chi connectivity index (χ1v) is 10.6. The van der Waals surface area contributed by atoms with Crippen LogP contribution >= 0.6 is 11.3 Å². The maximum absolute atomic E-state index is 12.9. The van der Waals surface area contributed by atoms with Crippen molar-refractivity contribution in [2.75, 3.05) is 12.4 Å². The lowest BCUT2D eigenvalue weighted by Gasteiger charge is -2.14. The molecular weight excluding hydrogens is 432 g/mol. The van der Waals surface area contributed by atoms with E-state index in [9.17, 15) is 19.2 Å². The summed E-state index contributed by atoms with van der Waals surface area (Å²) in [7, 11) is 1.26. The second-order valence-corrected chi connectivity index (χ2v) is 7.95. The number of methoxy groups -OCH3 is 1. The number of thiophene rings is 1. The molecule has 9 heteroatoms. The number of para-hydroxylation sites is 1. The van der Waals surface area contributed by atoms with Gasteiger partial charge in [0, 0.05) is 5.69 Å². The first kappa shape index (κ1) is 23.0. The van der Waals surface area contributed by atoms with Gasteiger partial charge < -0.3 is 19.8 Å². The van der Waals surface area contributed by atoms with Crippen LogP contribution in [-0.4, -0.2) is 41.8 Å². The number of aromatic amines is 1. The fraction of sp³-hybridized carbons (Fsp3) is 0.217. The number of aryl methyl sites for hydroxylation is 1. The third-order valence-electron chi connectivity index (χ3n) is 4.87. The summed E-state index contributed by atoms with van der Waals surface area (Å²) in [5.41, 5.74) is 1.74. The van der Waals surface area contributed by atoms with Gasteiger partial charge in [-0.2, -0.15) is 0 Å². The molecule has 1 unspecified atom stereocenters. The van der Waals surface area contributed by atoms with E-state index < -0.39 is 23.8 Å². The topological polar surface area (TPSA) is 115 Å². The van der Waals surface area contributed by atoms with Crippen LogP contribution in [0.15, 0.2) is 41.8 Å². The smallest absolute Gasteiger partial charge is 0.340 e. The number of benzene rings is 1. The summed E-state index contributed by atoms with van der Waals surface area (Å²) in [4.78, 5) is 53.4. The number of aromatic nitrogens is 1. The Balaban J connectivity index is 1.77. The molecule has 2 N–H and O–H groups in total. The molecule has 32 heavy (non-hydrogen) atoms. The molecule has 1 amide bonds. The average Bonchev–Trinajstić information content (AvgIpc) is 3.41. The first-order chi connectivity index (χ1) is 15.2. The quantitative estimate of drug-likeness (QED) is 0.409. The highest BCUT2D eigenvalue weighted by Gasteiger charge is 2.28. The van der Waals surface area contributed by atoms with Gasteiger partial charge in [-0.3, -0.25) is 9.59 Å². The molecule has 3 rings (SSSR count). The first-order valence-electron chi connectivity index (χ1n) is 9.71. The summed E-state index contributed by atoms with van der Waals surface area (Å²) in [6, 6.07) is 9.81. The standard InChI is InChI=1S/C23H22N2O6S/c1-12-18(23(29)30-4)13(2)24-19(12)20(26)14(3)31-22(28)15-8-5-6-9-16(15)25-21(27)17-10-7-11-32-17/h5-11,14,24H,1-4H3,(H,25,27). The molecule has 2 heterocycles. The third kappa shape index (κ3) is 4.62. The third-order valence-corrected chi connectivity index (χ3v) is 5.74. The minimum absolute atomic E-state index is 0.117. The molecule has 0 saturated heterocycles. The van der Waals surface area contributed by atoms with E-state index in [-0.39, 0.29) is 28.4 Å². The monoisotopic (exact) mass is 454 g/mol. The lowest BCUT2D eigenvalue weighted by molar-refractivity contribution is 0.0317. The summed E-state index contributed by atoms with van der Waals surface area (Å²) in [6.07, 6.45) is -1.13. The van der Waals surface area contributed by atoms with Crippen molar-refractivity contribution >= 4 is 40.7 Å². The van der Waals surface area contributed by atoms with Gasteiger partial charge in [0.15, 0.2) is 6.10 Å². The van der Waals surface area contributed by atoms with Crippen LogP contribution in [0.1, 0.15) is 59.1 Å². The minimum atomic E-state index is -1.13. The van der Waals surface area contributed by atoms with E-state index in [2.05, 4.69) is 10.3 Å². The highest BCUT2D eigenvalue weighted by molar-refractivity contribution is 7.12. The van der Waals surface area contributed by atoms with Crippen molar-refractivity contribution in [2.45, 2.75) is 26.9 Å². The summed E-state index contributed by atoms with van der Waals surface area (Å²) in [5, 5.41) is 4.47. The average molecular weight is 455 g/mol. The number of rotatable bonds is 7. The Labute approximate surface area is 188 Å². The zero-order valence-electron chi connectivity index (χ0n) is 18.0. The Kier molecular flexibility index (Phi) is 6.89. The van der Waals surface area contributed by atoms with E-state index in [4.69, 9.17) is 9.47 Å². The molecule has 0 bridgehead atoms. The van der Waals surface area contributed by atoms with Crippen LogP contribution in [0, 0.1) is 13.8 Å². The van der Waals surface area contributed by atoms with Gasteiger partial charge in [-0.05, 0) is 49.9 Å². The highest BCUT2D eigenvalue weighted by atomic mass is 32.1. The number of carbonyl (C=O) groups excluding carboxylic acids is 4. The minimum Gasteiger partial charge on any atom is -0.465 e. The van der Waals surface area contributed by atoms with Crippen molar-refractivity contribution in [3.63, 3.8) is 0 Å². The largest absolute Gasteiger partial charge is 0.465 e. The SMILES string of the molecule is COC(=O)c1c(C)[nH]c(C(=O)C(C)OC(=O)c2ccccc2NC(=O)c2cccs2)c1C. The van der Waals surface area contributed by atoms with Gasteiger partial charge in [0.1, 0.15) is 0 Å². The number of esters is 2. The van der Waals surface area contributed by atoms with Gasteiger partial charge >= 0.3 is 11.9 Å². The summed E-state index contributed by atoms with van der Waals surface area (Å²) >= 11 is 1.28. The van der Waals surface area contributed by atoms with Crippen molar-refractivity contribution in [1.82, 2.24) is 4.98 Å². The Morgan fingerprint density at radius 3 is 2.41 bits per heavy atom. The molecule has 0 saturated carbocycles. The number of Topliss-reactive ketones (excluding diaryl/α,β-unsaturated/α-hetero) is 1. The normalized spacial score (nSPS) is 11.5. The van der Waals surface area contributed by atoms with E-state index in [0.29, 0.717) is 16.1 Å². The number of H-pyrrole nitrogens is 1. The Hall–Kier alpha value is -3.72. The predicted octanol–water partition coefficient (Wildman–Crippen LogP) is 4.16. The number of amides is 1. The number of nitrogens with one attached hydrogen (secondary N) is 2. The molecule has 0 aliphatic rings. The van der Waals surface area contributed by atoms with Crippen LogP contribution in [-0.2, 0) is 9.47 Å². The number of ketones is 1. The fourth-order valence-electron chi connectivity index (χ4n) is 3.25. The van der Waals surface area contributed by atoms with E-state index in [1.165, 1.54) is 31.4 Å². The van der Waals surface area contributed by atoms with E-state index in [1.54, 1.807) is 49.6 Å². The Bertz CT molecular complexity index is 1180. The second-order valence-electron chi connectivity index (χ2n) is 7.01. The van der Waals surface area contributed by atoms with Crippen LogP contribution in [0.25, 0.3) is 0 Å². The van der Waals surface area contributed by atoms with Gasteiger partial charge in [0.25, 0.3) is 5.91 Å². The van der Waals surface area contributed by atoms with Crippen molar-refractivity contribution in [2.24, 2.45) is 0 Å². The molecule has 8 nitrogen and oxygen atoms in total. The van der Waals surface area contributed by atoms with Gasteiger partial charge in [-0.15, -0.1) is 11.3 Å². The van der Waals surface area contributed by atoms with Gasteiger partial charge in [0.2, 0.25) is 5.78 Å². The molecule has 0 spiro atoms. The van der Waals surface area contributed by atoms with Crippen molar-refractivity contribution in [3.8, 4) is 0 Å². The molecule has 1 atom stereocenters. The van der Waals surface area contributed by atoms with Gasteiger partial charge in [-0.1, -0.05) is 18.2 Å². The predicted molar refractivity (Wildman–Crippen MR) is 120 cm³/mol. The Morgan fingerprint density at radius 1 is 1.03 bits per heavy atom. The lowest BCUT2D eigenvalue weighted by atomic mass is 10.1. The van der Waals surface area contributed by atoms with Gasteiger partial charge in [-0.25, -0.2) is 9.59 Å².